The van der Waals surface area contributed by atoms with Crippen molar-refractivity contribution in [3.8, 4) is 11.5 Å². The maximum Gasteiger partial charge on any atom is 0.240 e. The highest BCUT2D eigenvalue weighted by Gasteiger charge is 2.56. The van der Waals surface area contributed by atoms with Gasteiger partial charge in [0.2, 0.25) is 11.8 Å². The van der Waals surface area contributed by atoms with Crippen LogP contribution < -0.4 is 20.7 Å². The summed E-state index contributed by atoms with van der Waals surface area (Å²) in [7, 11) is 1.67. The second kappa shape index (κ2) is 13.1. The summed E-state index contributed by atoms with van der Waals surface area (Å²) in [5.41, 5.74) is 2.46. The number of ether oxygens (including phenoxy) is 2. The lowest BCUT2D eigenvalue weighted by Gasteiger charge is -2.16. The molecule has 2 aromatic carbocycles. The van der Waals surface area contributed by atoms with Crippen LogP contribution in [0, 0.1) is 11.2 Å². The number of amides is 2. The first-order valence-electron chi connectivity index (χ1n) is 14.4. The number of nitrogens with one attached hydrogen (secondary N) is 3. The first-order chi connectivity index (χ1) is 21.4. The van der Waals surface area contributed by atoms with Crippen LogP contribution in [0.3, 0.4) is 0 Å². The molecule has 1 unspecified atom stereocenters. The largest absolute Gasteiger partial charge is 0.453 e. The zero-order chi connectivity index (χ0) is 30.5. The minimum absolute atomic E-state index is 0.0191. The summed E-state index contributed by atoms with van der Waals surface area (Å²) in [6, 6.07) is 20.9. The number of pyridine rings is 2. The molecule has 0 saturated heterocycles. The van der Waals surface area contributed by atoms with E-state index in [1.165, 1.54) is 12.1 Å². The van der Waals surface area contributed by atoms with Gasteiger partial charge in [-0.25, -0.2) is 4.39 Å². The fourth-order valence-electron chi connectivity index (χ4n) is 5.00. The average molecular weight is 614 g/mol. The van der Waals surface area contributed by atoms with Crippen LogP contribution in [0.25, 0.3) is 0 Å². The molecule has 0 spiro atoms. The lowest BCUT2D eigenvalue weighted by molar-refractivity contribution is -0.131. The van der Waals surface area contributed by atoms with Gasteiger partial charge in [-0.3, -0.25) is 19.6 Å². The standard InChI is InChI=1S/C33H32FN5O4S/c1-42-17-16-35-20-23-8-5-9-25(37-23)29-19-26-30(44-29)28(12-15-36-26)43-27-11-10-22(18-24(27)34)39-32(41)33(13-14-33)31(40)38-21-6-3-2-4-7-21/h2-12,15,18,29,35H,13-14,16-17,19-20H2,1H3,(H,38,40)(H,39,41). The molecule has 0 bridgehead atoms. The van der Waals surface area contributed by atoms with Gasteiger partial charge in [0.1, 0.15) is 11.2 Å². The van der Waals surface area contributed by atoms with Gasteiger partial charge in [0.15, 0.2) is 11.6 Å². The van der Waals surface area contributed by atoms with Crippen LogP contribution >= 0.6 is 11.8 Å². The van der Waals surface area contributed by atoms with Crippen molar-refractivity contribution in [2.75, 3.05) is 30.9 Å². The highest BCUT2D eigenvalue weighted by atomic mass is 32.2. The van der Waals surface area contributed by atoms with Gasteiger partial charge < -0.3 is 25.4 Å². The molecule has 2 amide bonds. The Labute approximate surface area is 259 Å². The predicted octanol–water partition coefficient (Wildman–Crippen LogP) is 5.89. The zero-order valence-electron chi connectivity index (χ0n) is 24.1. The third-order valence-corrected chi connectivity index (χ3v) is 8.95. The molecule has 11 heteroatoms. The van der Waals surface area contributed by atoms with E-state index < -0.39 is 17.1 Å². The van der Waals surface area contributed by atoms with E-state index in [9.17, 15) is 9.59 Å². The molecule has 2 aromatic heterocycles. The van der Waals surface area contributed by atoms with Crippen molar-refractivity contribution in [3.05, 3.63) is 102 Å². The van der Waals surface area contributed by atoms with Gasteiger partial charge in [-0.2, -0.15) is 0 Å². The number of methoxy groups -OCH3 is 1. The second-order valence-electron chi connectivity index (χ2n) is 10.7. The molecular weight excluding hydrogens is 581 g/mol. The third kappa shape index (κ3) is 6.59. The van der Waals surface area contributed by atoms with Crippen LogP contribution in [0.1, 0.15) is 35.2 Å². The Morgan fingerprint density at radius 2 is 1.77 bits per heavy atom. The highest BCUT2D eigenvalue weighted by molar-refractivity contribution is 8.00. The molecule has 9 nitrogen and oxygen atoms in total. The monoisotopic (exact) mass is 613 g/mol. The lowest BCUT2D eigenvalue weighted by atomic mass is 10.0. The Morgan fingerprint density at radius 3 is 2.52 bits per heavy atom. The van der Waals surface area contributed by atoms with E-state index in [1.54, 1.807) is 61.5 Å². The summed E-state index contributed by atoms with van der Waals surface area (Å²) in [6.45, 7) is 2.02. The molecule has 1 saturated carbocycles. The molecule has 1 fully saturated rings. The summed E-state index contributed by atoms with van der Waals surface area (Å²) in [4.78, 5) is 36.1. The smallest absolute Gasteiger partial charge is 0.240 e. The molecule has 3 heterocycles. The summed E-state index contributed by atoms with van der Waals surface area (Å²) < 4.78 is 26.3. The molecule has 1 aliphatic heterocycles. The topological polar surface area (TPSA) is 114 Å². The highest BCUT2D eigenvalue weighted by Crippen LogP contribution is 2.50. The molecule has 3 N–H and O–H groups in total. The minimum atomic E-state index is -1.16. The van der Waals surface area contributed by atoms with Crippen LogP contribution in [0.5, 0.6) is 11.5 Å². The van der Waals surface area contributed by atoms with Gasteiger partial charge in [0, 0.05) is 56.3 Å². The number of anilines is 2. The SMILES string of the molecule is COCCNCc1cccc(C2Cc3nccc(Oc4ccc(NC(=O)C5(C(=O)Nc6ccccc6)CC5)cc4F)c3S2)n1. The number of aromatic nitrogens is 2. The van der Waals surface area contributed by atoms with Crippen molar-refractivity contribution < 1.29 is 23.5 Å². The quantitative estimate of drug-likeness (QED) is 0.134. The first-order valence-corrected chi connectivity index (χ1v) is 15.3. The average Bonchev–Trinajstić information content (AvgIpc) is 3.74. The van der Waals surface area contributed by atoms with Crippen molar-refractivity contribution in [1.29, 1.82) is 0 Å². The number of halogens is 1. The van der Waals surface area contributed by atoms with Crippen LogP contribution in [0.2, 0.25) is 0 Å². The van der Waals surface area contributed by atoms with E-state index in [-0.39, 0.29) is 22.6 Å². The molecule has 0 radical (unpaired) electrons. The Kier molecular flexibility index (Phi) is 8.87. The molecule has 1 atom stereocenters. The van der Waals surface area contributed by atoms with Crippen LogP contribution in [0.4, 0.5) is 15.8 Å². The third-order valence-electron chi connectivity index (χ3n) is 7.59. The Hall–Kier alpha value is -4.32. The molecule has 44 heavy (non-hydrogen) atoms. The van der Waals surface area contributed by atoms with E-state index in [2.05, 4.69) is 20.9 Å². The number of nitrogens with zero attached hydrogens (tertiary/aromatic N) is 2. The number of rotatable bonds is 12. The van der Waals surface area contributed by atoms with E-state index in [0.29, 0.717) is 43.9 Å². The molecule has 226 valence electrons. The van der Waals surface area contributed by atoms with Crippen molar-refractivity contribution >= 4 is 35.0 Å². The Bertz CT molecular complexity index is 1670. The van der Waals surface area contributed by atoms with Gasteiger partial charge in [-0.15, -0.1) is 11.8 Å². The number of carbonyl (C=O) groups is 2. The summed E-state index contributed by atoms with van der Waals surface area (Å²) in [5, 5.41) is 8.87. The van der Waals surface area contributed by atoms with Crippen molar-refractivity contribution in [3.63, 3.8) is 0 Å². The zero-order valence-corrected chi connectivity index (χ0v) is 25.0. The summed E-state index contributed by atoms with van der Waals surface area (Å²) in [5.74, 6) is -0.945. The fraction of sp³-hybridized carbons (Fsp3) is 0.273. The minimum Gasteiger partial charge on any atom is -0.453 e. The Balaban J connectivity index is 1.10. The molecule has 1 aliphatic carbocycles. The number of hydrogen-bond acceptors (Lipinski definition) is 8. The first kappa shape index (κ1) is 29.7. The number of hydrogen-bond donors (Lipinski definition) is 3. The van der Waals surface area contributed by atoms with Crippen LogP contribution in [0.15, 0.2) is 83.9 Å². The Morgan fingerprint density at radius 1 is 0.977 bits per heavy atom. The molecule has 6 rings (SSSR count). The number of thioether (sulfide) groups is 1. The van der Waals surface area contributed by atoms with Gasteiger partial charge in [0.05, 0.1) is 33.8 Å². The van der Waals surface area contributed by atoms with Crippen LogP contribution in [-0.4, -0.2) is 42.0 Å². The maximum absolute atomic E-state index is 15.2. The van der Waals surface area contributed by atoms with E-state index >= 15 is 4.39 Å². The normalized spacial score (nSPS) is 16.2. The van der Waals surface area contributed by atoms with Gasteiger partial charge >= 0.3 is 0 Å². The van der Waals surface area contributed by atoms with Crippen LogP contribution in [-0.2, 0) is 27.3 Å². The number of para-hydroxylation sites is 1. The number of carbonyl (C=O) groups excluding carboxylic acids is 2. The summed E-state index contributed by atoms with van der Waals surface area (Å²) >= 11 is 1.60. The number of fused-ring (bicyclic) bond motifs is 1. The van der Waals surface area contributed by atoms with Gasteiger partial charge in [-0.05, 0) is 49.2 Å². The van der Waals surface area contributed by atoms with E-state index in [4.69, 9.17) is 14.5 Å². The summed E-state index contributed by atoms with van der Waals surface area (Å²) in [6.07, 6.45) is 3.19. The molecule has 2 aliphatic rings. The van der Waals surface area contributed by atoms with Gasteiger partial charge in [0.25, 0.3) is 0 Å². The van der Waals surface area contributed by atoms with Crippen molar-refractivity contribution in [2.45, 2.75) is 36.0 Å². The molecular formula is C33H32FN5O4S. The van der Waals surface area contributed by atoms with E-state index in [0.717, 1.165) is 28.5 Å². The van der Waals surface area contributed by atoms with Crippen molar-refractivity contribution in [2.24, 2.45) is 5.41 Å². The maximum atomic E-state index is 15.2. The number of benzene rings is 2. The lowest BCUT2D eigenvalue weighted by Crippen LogP contribution is -2.35. The second-order valence-corrected chi connectivity index (χ2v) is 11.9. The fourth-order valence-corrected chi connectivity index (χ4v) is 6.28. The molecule has 4 aromatic rings. The van der Waals surface area contributed by atoms with E-state index in [1.807, 2.05) is 24.3 Å². The predicted molar refractivity (Wildman–Crippen MR) is 166 cm³/mol. The van der Waals surface area contributed by atoms with Gasteiger partial charge in [-0.1, -0.05) is 24.3 Å². The van der Waals surface area contributed by atoms with Crippen molar-refractivity contribution in [1.82, 2.24) is 15.3 Å².